The fourth-order valence-corrected chi connectivity index (χ4v) is 5.46. The molecule has 3 aromatic rings. The maximum Gasteiger partial charge on any atom is 0.410 e. The number of pyridine rings is 1. The van der Waals surface area contributed by atoms with Crippen molar-refractivity contribution >= 4 is 23.8 Å². The zero-order chi connectivity index (χ0) is 29.3. The van der Waals surface area contributed by atoms with Crippen molar-refractivity contribution in [2.75, 3.05) is 38.0 Å². The van der Waals surface area contributed by atoms with Gasteiger partial charge in [-0.15, -0.1) is 0 Å². The lowest BCUT2D eigenvalue weighted by Crippen LogP contribution is -2.53. The molecule has 2 aliphatic heterocycles. The molecular weight excluding hydrogens is 533 g/mol. The fraction of sp³-hybridized carbons (Fsp3) is 0.364. The van der Waals surface area contributed by atoms with E-state index in [2.05, 4.69) is 15.2 Å². The van der Waals surface area contributed by atoms with E-state index in [9.17, 15) is 14.0 Å². The number of rotatable bonds is 8. The van der Waals surface area contributed by atoms with Crippen LogP contribution in [0.3, 0.4) is 0 Å². The first-order chi connectivity index (χ1) is 20.4. The summed E-state index contributed by atoms with van der Waals surface area (Å²) in [5, 5.41) is 3.36. The summed E-state index contributed by atoms with van der Waals surface area (Å²) in [4.78, 5) is 35.8. The van der Waals surface area contributed by atoms with Crippen molar-refractivity contribution in [3.8, 4) is 0 Å². The van der Waals surface area contributed by atoms with Crippen molar-refractivity contribution in [2.24, 2.45) is 0 Å². The van der Waals surface area contributed by atoms with Crippen LogP contribution in [-0.4, -0.2) is 76.5 Å². The first kappa shape index (κ1) is 29.3. The Morgan fingerprint density at radius 1 is 1.00 bits per heavy atom. The molecule has 2 aromatic carbocycles. The Kier molecular flexibility index (Phi) is 9.82. The Balaban J connectivity index is 1.03. The van der Waals surface area contributed by atoms with Crippen LogP contribution in [0.2, 0.25) is 0 Å². The first-order valence-electron chi connectivity index (χ1n) is 14.6. The third kappa shape index (κ3) is 8.16. The molecule has 9 heteroatoms. The minimum atomic E-state index is -0.275. The summed E-state index contributed by atoms with van der Waals surface area (Å²) in [5.74, 6) is -0.287. The summed E-state index contributed by atoms with van der Waals surface area (Å²) in [6, 6.07) is 20.4. The van der Waals surface area contributed by atoms with Gasteiger partial charge in [-0.1, -0.05) is 42.5 Å². The van der Waals surface area contributed by atoms with Crippen LogP contribution in [0.5, 0.6) is 0 Å². The van der Waals surface area contributed by atoms with Gasteiger partial charge in [-0.25, -0.2) is 9.18 Å². The predicted molar refractivity (Wildman–Crippen MR) is 161 cm³/mol. The number of piperazine rings is 1. The van der Waals surface area contributed by atoms with E-state index in [0.717, 1.165) is 55.0 Å². The number of amides is 2. The van der Waals surface area contributed by atoms with Crippen LogP contribution >= 0.6 is 0 Å². The molecule has 2 amide bonds. The van der Waals surface area contributed by atoms with E-state index in [1.54, 1.807) is 23.1 Å². The van der Waals surface area contributed by atoms with Gasteiger partial charge in [0.25, 0.3) is 0 Å². The highest BCUT2D eigenvalue weighted by atomic mass is 19.1. The van der Waals surface area contributed by atoms with Crippen molar-refractivity contribution in [1.82, 2.24) is 19.7 Å². The summed E-state index contributed by atoms with van der Waals surface area (Å²) in [6.45, 7) is 6.49. The number of aromatic nitrogens is 1. The summed E-state index contributed by atoms with van der Waals surface area (Å²) in [6.07, 6.45) is 6.53. The number of hydrogen-bond donors (Lipinski definition) is 1. The summed E-state index contributed by atoms with van der Waals surface area (Å²) < 4.78 is 19.0. The van der Waals surface area contributed by atoms with Gasteiger partial charge in [0.05, 0.1) is 5.69 Å². The fourth-order valence-electron chi connectivity index (χ4n) is 5.46. The van der Waals surface area contributed by atoms with Crippen molar-refractivity contribution in [1.29, 1.82) is 0 Å². The Morgan fingerprint density at radius 3 is 2.52 bits per heavy atom. The largest absolute Gasteiger partial charge is 0.445 e. The number of ether oxygens (including phenoxy) is 1. The lowest BCUT2D eigenvalue weighted by molar-refractivity contribution is -0.126. The molecule has 3 heterocycles. The number of benzene rings is 2. The van der Waals surface area contributed by atoms with Crippen LogP contribution in [0.4, 0.5) is 14.9 Å². The topological polar surface area (TPSA) is 78.0 Å². The number of anilines is 1. The summed E-state index contributed by atoms with van der Waals surface area (Å²) >= 11 is 0. The number of halogens is 1. The SMILES string of the molecule is C[C@H]1CN(Cc2ccc(/C=C/C(=O)N3CCC(Nc4cccc(F)c4)CC3)nc2)CCN1C(=O)OCc1ccccc1. The smallest absolute Gasteiger partial charge is 0.410 e. The highest BCUT2D eigenvalue weighted by molar-refractivity contribution is 5.91. The molecule has 1 aromatic heterocycles. The summed E-state index contributed by atoms with van der Waals surface area (Å²) in [5.41, 5.74) is 3.56. The van der Waals surface area contributed by atoms with Crippen molar-refractivity contribution in [2.45, 2.75) is 45.0 Å². The molecule has 0 saturated carbocycles. The Bertz CT molecular complexity index is 1360. The number of piperidine rings is 1. The second-order valence-corrected chi connectivity index (χ2v) is 11.0. The second kappa shape index (κ2) is 14.1. The molecule has 8 nitrogen and oxygen atoms in total. The zero-order valence-electron chi connectivity index (χ0n) is 24.0. The maximum absolute atomic E-state index is 13.4. The monoisotopic (exact) mass is 571 g/mol. The molecule has 5 rings (SSSR count). The number of hydrogen-bond acceptors (Lipinski definition) is 6. The first-order valence-corrected chi connectivity index (χ1v) is 14.6. The van der Waals surface area contributed by atoms with Crippen molar-refractivity contribution in [3.05, 3.63) is 102 Å². The van der Waals surface area contributed by atoms with E-state index in [-0.39, 0.29) is 36.5 Å². The van der Waals surface area contributed by atoms with Gasteiger partial charge in [0.15, 0.2) is 0 Å². The van der Waals surface area contributed by atoms with Gasteiger partial charge >= 0.3 is 6.09 Å². The minimum absolute atomic E-state index is 0.0285. The standard InChI is InChI=1S/C33H38FN5O3/c1-25-22-37(18-19-39(25)33(41)42-24-26-6-3-2-4-7-26)23-27-10-11-29(35-21-27)12-13-32(40)38-16-14-30(15-17-38)36-31-9-5-8-28(34)20-31/h2-13,20-21,25,30,36H,14-19,22-24H2,1H3/b13-12+/t25-/m0/s1. The Hall–Kier alpha value is -4.24. The van der Waals surface area contributed by atoms with Crippen LogP contribution in [0.1, 0.15) is 36.6 Å². The molecule has 1 atom stereocenters. The van der Waals surface area contributed by atoms with E-state index in [0.29, 0.717) is 19.6 Å². The molecule has 0 bridgehead atoms. The van der Waals surface area contributed by atoms with Gasteiger partial charge < -0.3 is 19.9 Å². The van der Waals surface area contributed by atoms with Crippen molar-refractivity contribution < 1.29 is 18.7 Å². The number of nitrogens with one attached hydrogen (secondary N) is 1. The summed E-state index contributed by atoms with van der Waals surface area (Å²) in [7, 11) is 0. The van der Waals surface area contributed by atoms with Gasteiger partial charge in [-0.2, -0.15) is 0 Å². The van der Waals surface area contributed by atoms with E-state index in [1.807, 2.05) is 66.6 Å². The predicted octanol–water partition coefficient (Wildman–Crippen LogP) is 5.18. The second-order valence-electron chi connectivity index (χ2n) is 11.0. The third-order valence-electron chi connectivity index (χ3n) is 7.80. The third-order valence-corrected chi connectivity index (χ3v) is 7.80. The van der Waals surface area contributed by atoms with Gasteiger partial charge in [0, 0.05) is 69.3 Å². The molecule has 1 N–H and O–H groups in total. The number of likely N-dealkylation sites (tertiary alicyclic amines) is 1. The molecule has 0 radical (unpaired) electrons. The normalized spacial score (nSPS) is 18.3. The molecule has 42 heavy (non-hydrogen) atoms. The average molecular weight is 572 g/mol. The molecule has 2 fully saturated rings. The van der Waals surface area contributed by atoms with Gasteiger partial charge in [0.1, 0.15) is 12.4 Å². The highest BCUT2D eigenvalue weighted by Gasteiger charge is 2.28. The van der Waals surface area contributed by atoms with Crippen molar-refractivity contribution in [3.63, 3.8) is 0 Å². The van der Waals surface area contributed by atoms with E-state index in [4.69, 9.17) is 4.74 Å². The number of carbonyl (C=O) groups excluding carboxylic acids is 2. The number of carbonyl (C=O) groups is 2. The highest BCUT2D eigenvalue weighted by Crippen LogP contribution is 2.19. The quantitative estimate of drug-likeness (QED) is 0.376. The molecule has 220 valence electrons. The lowest BCUT2D eigenvalue weighted by atomic mass is 10.0. The number of nitrogens with zero attached hydrogens (tertiary/aromatic N) is 4. The molecular formula is C33H38FN5O3. The van der Waals surface area contributed by atoms with E-state index < -0.39 is 0 Å². The molecule has 0 spiro atoms. The lowest BCUT2D eigenvalue weighted by Gasteiger charge is -2.39. The van der Waals surface area contributed by atoms with Crippen LogP contribution in [0, 0.1) is 5.82 Å². The van der Waals surface area contributed by atoms with Crippen LogP contribution in [-0.2, 0) is 22.7 Å². The molecule has 0 aliphatic carbocycles. The Morgan fingerprint density at radius 2 is 1.81 bits per heavy atom. The molecule has 0 unspecified atom stereocenters. The average Bonchev–Trinajstić information content (AvgIpc) is 3.00. The maximum atomic E-state index is 13.4. The van der Waals surface area contributed by atoms with E-state index >= 15 is 0 Å². The molecule has 2 saturated heterocycles. The Labute approximate surface area is 246 Å². The zero-order valence-corrected chi connectivity index (χ0v) is 24.0. The van der Waals surface area contributed by atoms with Crippen LogP contribution < -0.4 is 5.32 Å². The van der Waals surface area contributed by atoms with Crippen LogP contribution in [0.15, 0.2) is 79.0 Å². The minimum Gasteiger partial charge on any atom is -0.445 e. The van der Waals surface area contributed by atoms with Crippen LogP contribution in [0.25, 0.3) is 6.08 Å². The van der Waals surface area contributed by atoms with Gasteiger partial charge in [-0.3, -0.25) is 14.7 Å². The van der Waals surface area contributed by atoms with Gasteiger partial charge in [0.2, 0.25) is 5.91 Å². The molecule has 2 aliphatic rings. The van der Waals surface area contributed by atoms with Gasteiger partial charge in [-0.05, 0) is 61.2 Å². The van der Waals surface area contributed by atoms with E-state index in [1.165, 1.54) is 12.1 Å².